The smallest absolute Gasteiger partial charge is 0.138 e. The van der Waals surface area contributed by atoms with Crippen LogP contribution in [0, 0.1) is 0 Å². The second-order valence-electron chi connectivity index (χ2n) is 6.24. The van der Waals surface area contributed by atoms with Crippen molar-refractivity contribution in [2.24, 2.45) is 0 Å². The van der Waals surface area contributed by atoms with E-state index in [2.05, 4.69) is 31.1 Å². The molecule has 1 aliphatic carbocycles. The first-order valence-electron chi connectivity index (χ1n) is 6.99. The molecular formula is C15H24N2O2. The molecule has 0 amide bonds. The van der Waals surface area contributed by atoms with Gasteiger partial charge in [-0.15, -0.1) is 0 Å². The zero-order valence-corrected chi connectivity index (χ0v) is 12.0. The third-order valence-corrected chi connectivity index (χ3v) is 3.30. The van der Waals surface area contributed by atoms with Crippen molar-refractivity contribution in [2.45, 2.75) is 64.3 Å². The summed E-state index contributed by atoms with van der Waals surface area (Å²) in [5.74, 6) is 0.741. The third-order valence-electron chi connectivity index (χ3n) is 3.30. The lowest BCUT2D eigenvalue weighted by Gasteiger charge is -2.20. The number of aliphatic hydroxyl groups excluding tert-OH is 1. The Morgan fingerprint density at radius 2 is 2.16 bits per heavy atom. The molecule has 0 aliphatic heterocycles. The van der Waals surface area contributed by atoms with E-state index in [1.165, 1.54) is 0 Å². The zero-order chi connectivity index (χ0) is 13.9. The van der Waals surface area contributed by atoms with Gasteiger partial charge in [0.05, 0.1) is 18.0 Å². The molecule has 0 aromatic carbocycles. The number of hydrogen-bond acceptors (Lipinski definition) is 4. The molecule has 1 heterocycles. The number of pyridine rings is 1. The molecule has 1 aromatic rings. The van der Waals surface area contributed by atoms with Gasteiger partial charge in [0.2, 0.25) is 0 Å². The molecular weight excluding hydrogens is 240 g/mol. The topological polar surface area (TPSA) is 54.4 Å². The summed E-state index contributed by atoms with van der Waals surface area (Å²) in [7, 11) is 0. The minimum Gasteiger partial charge on any atom is -0.486 e. The molecule has 1 aromatic heterocycles. The van der Waals surface area contributed by atoms with Crippen molar-refractivity contribution < 1.29 is 9.84 Å². The monoisotopic (exact) mass is 264 g/mol. The van der Waals surface area contributed by atoms with Gasteiger partial charge in [0.25, 0.3) is 0 Å². The van der Waals surface area contributed by atoms with Crippen molar-refractivity contribution in [1.82, 2.24) is 10.3 Å². The van der Waals surface area contributed by atoms with Gasteiger partial charge in [-0.1, -0.05) is 0 Å². The fourth-order valence-electron chi connectivity index (χ4n) is 2.16. The van der Waals surface area contributed by atoms with Crippen molar-refractivity contribution in [3.8, 4) is 5.75 Å². The highest BCUT2D eigenvalue weighted by Crippen LogP contribution is 2.24. The first-order chi connectivity index (χ1) is 8.94. The van der Waals surface area contributed by atoms with E-state index in [0.717, 1.165) is 37.3 Å². The predicted molar refractivity (Wildman–Crippen MR) is 75.1 cm³/mol. The van der Waals surface area contributed by atoms with Crippen molar-refractivity contribution >= 4 is 0 Å². The van der Waals surface area contributed by atoms with Crippen LogP contribution in [0.3, 0.4) is 0 Å². The lowest BCUT2D eigenvalue weighted by atomic mass is 10.1. The number of rotatable bonds is 4. The molecule has 1 aliphatic rings. The van der Waals surface area contributed by atoms with Crippen LogP contribution < -0.4 is 10.1 Å². The fraction of sp³-hybridized carbons (Fsp3) is 0.667. The van der Waals surface area contributed by atoms with Gasteiger partial charge >= 0.3 is 0 Å². The minimum absolute atomic E-state index is 0.0691. The molecule has 4 heteroatoms. The highest BCUT2D eigenvalue weighted by atomic mass is 16.5. The summed E-state index contributed by atoms with van der Waals surface area (Å²) in [5, 5.41) is 13.1. The van der Waals surface area contributed by atoms with Crippen LogP contribution in [0.15, 0.2) is 18.3 Å². The first kappa shape index (κ1) is 14.3. The number of nitrogens with one attached hydrogen (secondary N) is 1. The molecule has 19 heavy (non-hydrogen) atoms. The highest BCUT2D eigenvalue weighted by Gasteiger charge is 2.26. The van der Waals surface area contributed by atoms with Gasteiger partial charge in [0.15, 0.2) is 0 Å². The van der Waals surface area contributed by atoms with E-state index in [1.807, 2.05) is 12.1 Å². The van der Waals surface area contributed by atoms with Crippen molar-refractivity contribution in [1.29, 1.82) is 0 Å². The Bertz CT molecular complexity index is 398. The Kier molecular flexibility index (Phi) is 4.42. The molecule has 0 bridgehead atoms. The van der Waals surface area contributed by atoms with Crippen molar-refractivity contribution in [3.05, 3.63) is 24.0 Å². The standard InChI is InChI=1S/C15H24N2O2/c1-15(2,3)17-9-11-7-8-12(10-16-11)19-14-6-4-5-13(14)18/h7-8,10,13-14,17-18H,4-6,9H2,1-3H3. The number of aromatic nitrogens is 1. The van der Waals surface area contributed by atoms with E-state index in [1.54, 1.807) is 6.20 Å². The minimum atomic E-state index is -0.331. The Balaban J connectivity index is 1.87. The van der Waals surface area contributed by atoms with E-state index < -0.39 is 0 Å². The summed E-state index contributed by atoms with van der Waals surface area (Å²) in [6.45, 7) is 7.14. The Labute approximate surface area is 115 Å². The number of ether oxygens (including phenoxy) is 1. The van der Waals surface area contributed by atoms with Gasteiger partial charge in [-0.3, -0.25) is 4.98 Å². The van der Waals surface area contributed by atoms with Crippen LogP contribution in [0.2, 0.25) is 0 Å². The van der Waals surface area contributed by atoms with Crippen LogP contribution in [-0.2, 0) is 6.54 Å². The van der Waals surface area contributed by atoms with Crippen LogP contribution in [-0.4, -0.2) is 27.8 Å². The van der Waals surface area contributed by atoms with Crippen LogP contribution in [0.4, 0.5) is 0 Å². The largest absolute Gasteiger partial charge is 0.486 e. The second kappa shape index (κ2) is 5.88. The molecule has 0 saturated heterocycles. The summed E-state index contributed by atoms with van der Waals surface area (Å²) >= 11 is 0. The maximum Gasteiger partial charge on any atom is 0.138 e. The summed E-state index contributed by atoms with van der Waals surface area (Å²) < 4.78 is 5.76. The van der Waals surface area contributed by atoms with Crippen molar-refractivity contribution in [3.63, 3.8) is 0 Å². The normalized spacial score (nSPS) is 23.6. The van der Waals surface area contributed by atoms with Gasteiger partial charge in [-0.05, 0) is 52.2 Å². The number of nitrogens with zero attached hydrogens (tertiary/aromatic N) is 1. The van der Waals surface area contributed by atoms with Gasteiger partial charge in [-0.2, -0.15) is 0 Å². The van der Waals surface area contributed by atoms with Gasteiger partial charge in [0, 0.05) is 12.1 Å². The maximum atomic E-state index is 9.72. The fourth-order valence-corrected chi connectivity index (χ4v) is 2.16. The lowest BCUT2D eigenvalue weighted by Crippen LogP contribution is -2.35. The molecule has 0 radical (unpaired) electrons. The zero-order valence-electron chi connectivity index (χ0n) is 12.0. The quantitative estimate of drug-likeness (QED) is 0.876. The van der Waals surface area contributed by atoms with Gasteiger partial charge < -0.3 is 15.2 Å². The SMILES string of the molecule is CC(C)(C)NCc1ccc(OC2CCCC2O)cn1. The van der Waals surface area contributed by atoms with E-state index >= 15 is 0 Å². The van der Waals surface area contributed by atoms with Crippen LogP contribution in [0.5, 0.6) is 5.75 Å². The summed E-state index contributed by atoms with van der Waals surface area (Å²) in [6.07, 6.45) is 4.14. The molecule has 106 valence electrons. The van der Waals surface area contributed by atoms with Crippen LogP contribution in [0.25, 0.3) is 0 Å². The molecule has 2 unspecified atom stereocenters. The molecule has 2 rings (SSSR count). The van der Waals surface area contributed by atoms with Gasteiger partial charge in [0.1, 0.15) is 11.9 Å². The van der Waals surface area contributed by atoms with Crippen LogP contribution >= 0.6 is 0 Å². The third kappa shape index (κ3) is 4.48. The van der Waals surface area contributed by atoms with Crippen LogP contribution in [0.1, 0.15) is 45.7 Å². The molecule has 4 nitrogen and oxygen atoms in total. The van der Waals surface area contributed by atoms with E-state index in [9.17, 15) is 5.11 Å². The highest BCUT2D eigenvalue weighted by molar-refractivity contribution is 5.20. The molecule has 2 N–H and O–H groups in total. The molecule has 1 fully saturated rings. The summed E-state index contributed by atoms with van der Waals surface area (Å²) in [6, 6.07) is 3.90. The first-order valence-corrected chi connectivity index (χ1v) is 6.99. The average molecular weight is 264 g/mol. The summed E-state index contributed by atoms with van der Waals surface area (Å²) in [4.78, 5) is 4.38. The second-order valence-corrected chi connectivity index (χ2v) is 6.24. The number of aliphatic hydroxyl groups is 1. The molecule has 0 spiro atoms. The Morgan fingerprint density at radius 3 is 2.68 bits per heavy atom. The molecule has 1 saturated carbocycles. The van der Waals surface area contributed by atoms with Crippen molar-refractivity contribution in [2.75, 3.05) is 0 Å². The van der Waals surface area contributed by atoms with E-state index in [4.69, 9.17) is 4.74 Å². The Hall–Kier alpha value is -1.13. The number of hydrogen-bond donors (Lipinski definition) is 2. The maximum absolute atomic E-state index is 9.72. The van der Waals surface area contributed by atoms with E-state index in [-0.39, 0.29) is 17.7 Å². The lowest BCUT2D eigenvalue weighted by molar-refractivity contribution is 0.0601. The predicted octanol–water partition coefficient (Wildman–Crippen LogP) is 2.26. The summed E-state index contributed by atoms with van der Waals surface area (Å²) in [5.41, 5.74) is 1.08. The van der Waals surface area contributed by atoms with E-state index in [0.29, 0.717) is 0 Å². The Morgan fingerprint density at radius 1 is 1.37 bits per heavy atom. The van der Waals surface area contributed by atoms with Gasteiger partial charge in [-0.25, -0.2) is 0 Å². The molecule has 2 atom stereocenters. The average Bonchev–Trinajstić information content (AvgIpc) is 2.73.